The Bertz CT molecular complexity index is 1050. The lowest BCUT2D eigenvalue weighted by Gasteiger charge is -2.28. The van der Waals surface area contributed by atoms with E-state index in [0.717, 1.165) is 41.4 Å². The van der Waals surface area contributed by atoms with E-state index in [0.29, 0.717) is 5.69 Å². The fourth-order valence-corrected chi connectivity index (χ4v) is 3.86. The zero-order chi connectivity index (χ0) is 19.7. The predicted molar refractivity (Wildman–Crippen MR) is 112 cm³/mol. The highest BCUT2D eigenvalue weighted by molar-refractivity contribution is 6.34. The third kappa shape index (κ3) is 3.80. The number of halogens is 2. The third-order valence-corrected chi connectivity index (χ3v) is 5.43. The fourth-order valence-electron chi connectivity index (χ4n) is 3.61. The largest absolute Gasteiger partial charge is 0.357 e. The van der Waals surface area contributed by atoms with E-state index >= 15 is 0 Å². The molecule has 1 aliphatic rings. The average molecular weight is 398 g/mol. The van der Waals surface area contributed by atoms with Crippen molar-refractivity contribution in [1.82, 2.24) is 4.98 Å². The van der Waals surface area contributed by atoms with Crippen molar-refractivity contribution in [3.63, 3.8) is 0 Å². The predicted octanol–water partition coefficient (Wildman–Crippen LogP) is 5.58. The number of benzene rings is 2. The summed E-state index contributed by atoms with van der Waals surface area (Å²) >= 11 is 5.99. The van der Waals surface area contributed by atoms with E-state index in [1.54, 1.807) is 0 Å². The molecular formula is C22H21ClFN3O. The summed E-state index contributed by atoms with van der Waals surface area (Å²) in [6, 6.07) is 11.5. The first-order valence-corrected chi connectivity index (χ1v) is 9.82. The summed E-state index contributed by atoms with van der Waals surface area (Å²) in [5.74, 6) is 0.165. The smallest absolute Gasteiger partial charge is 0.257 e. The van der Waals surface area contributed by atoms with E-state index in [1.807, 2.05) is 18.2 Å². The number of nitrogens with one attached hydrogen (secondary N) is 1. The van der Waals surface area contributed by atoms with Crippen LogP contribution in [0, 0.1) is 12.7 Å². The molecule has 0 aliphatic carbocycles. The summed E-state index contributed by atoms with van der Waals surface area (Å²) in [6.45, 7) is 4.15. The van der Waals surface area contributed by atoms with Crippen molar-refractivity contribution in [2.45, 2.75) is 26.2 Å². The van der Waals surface area contributed by atoms with Crippen LogP contribution in [0.4, 0.5) is 15.9 Å². The van der Waals surface area contributed by atoms with Crippen LogP contribution in [-0.2, 0) is 0 Å². The van der Waals surface area contributed by atoms with Crippen LogP contribution in [0.25, 0.3) is 10.9 Å². The van der Waals surface area contributed by atoms with Gasteiger partial charge in [-0.2, -0.15) is 0 Å². The SMILES string of the molecule is Cc1cc(N2CCCCC2)nc2ccc(NC(=O)c3ccc(F)cc3Cl)cc12. The van der Waals surface area contributed by atoms with Gasteiger partial charge in [0, 0.05) is 24.2 Å². The van der Waals surface area contributed by atoms with Crippen LogP contribution < -0.4 is 10.2 Å². The van der Waals surface area contributed by atoms with E-state index < -0.39 is 5.82 Å². The quantitative estimate of drug-likeness (QED) is 0.627. The Hall–Kier alpha value is -2.66. The molecule has 2 aromatic carbocycles. The first-order valence-electron chi connectivity index (χ1n) is 9.44. The highest BCUT2D eigenvalue weighted by Crippen LogP contribution is 2.27. The number of amides is 1. The van der Waals surface area contributed by atoms with Crippen LogP contribution in [0.15, 0.2) is 42.5 Å². The zero-order valence-corrected chi connectivity index (χ0v) is 16.4. The molecule has 1 saturated heterocycles. The number of rotatable bonds is 3. The van der Waals surface area contributed by atoms with Gasteiger partial charge in [0.1, 0.15) is 11.6 Å². The summed E-state index contributed by atoms with van der Waals surface area (Å²) < 4.78 is 13.2. The molecule has 144 valence electrons. The Morgan fingerprint density at radius 1 is 1.11 bits per heavy atom. The molecular weight excluding hydrogens is 377 g/mol. The number of nitrogens with zero attached hydrogens (tertiary/aromatic N) is 2. The Labute approximate surface area is 168 Å². The van der Waals surface area contributed by atoms with Gasteiger partial charge >= 0.3 is 0 Å². The lowest BCUT2D eigenvalue weighted by Crippen LogP contribution is -2.30. The van der Waals surface area contributed by atoms with E-state index in [9.17, 15) is 9.18 Å². The second kappa shape index (κ2) is 7.76. The van der Waals surface area contributed by atoms with Crippen molar-refractivity contribution in [3.05, 3.63) is 64.4 Å². The van der Waals surface area contributed by atoms with Crippen molar-refractivity contribution < 1.29 is 9.18 Å². The van der Waals surface area contributed by atoms with Gasteiger partial charge in [-0.05, 0) is 74.2 Å². The molecule has 6 heteroatoms. The summed E-state index contributed by atoms with van der Waals surface area (Å²) in [4.78, 5) is 19.6. The van der Waals surface area contributed by atoms with Crippen molar-refractivity contribution in [3.8, 4) is 0 Å². The van der Waals surface area contributed by atoms with E-state index in [2.05, 4.69) is 23.2 Å². The summed E-state index contributed by atoms with van der Waals surface area (Å²) in [5.41, 5.74) is 2.90. The van der Waals surface area contributed by atoms with Crippen molar-refractivity contribution in [2.75, 3.05) is 23.3 Å². The highest BCUT2D eigenvalue weighted by Gasteiger charge is 2.15. The molecule has 0 unspecified atom stereocenters. The van der Waals surface area contributed by atoms with Crippen molar-refractivity contribution >= 4 is 39.9 Å². The molecule has 4 nitrogen and oxygen atoms in total. The number of aryl methyl sites for hydroxylation is 1. The normalized spacial score (nSPS) is 14.3. The Morgan fingerprint density at radius 3 is 2.64 bits per heavy atom. The minimum absolute atomic E-state index is 0.0855. The number of aromatic nitrogens is 1. The van der Waals surface area contributed by atoms with Gasteiger partial charge in [-0.25, -0.2) is 9.37 Å². The average Bonchev–Trinajstić information content (AvgIpc) is 2.69. The van der Waals surface area contributed by atoms with Crippen LogP contribution in [0.5, 0.6) is 0 Å². The van der Waals surface area contributed by atoms with Crippen LogP contribution >= 0.6 is 11.6 Å². The fraction of sp³-hybridized carbons (Fsp3) is 0.273. The van der Waals surface area contributed by atoms with E-state index in [-0.39, 0.29) is 16.5 Å². The molecule has 0 saturated carbocycles. The number of anilines is 2. The Kier molecular flexibility index (Phi) is 5.18. The van der Waals surface area contributed by atoms with Gasteiger partial charge in [0.25, 0.3) is 5.91 Å². The number of carbonyl (C=O) groups excluding carboxylic acids is 1. The lowest BCUT2D eigenvalue weighted by molar-refractivity contribution is 0.102. The van der Waals surface area contributed by atoms with Gasteiger partial charge in [-0.3, -0.25) is 4.79 Å². The van der Waals surface area contributed by atoms with Crippen LogP contribution in [0.3, 0.4) is 0 Å². The second-order valence-corrected chi connectivity index (χ2v) is 7.56. The zero-order valence-electron chi connectivity index (χ0n) is 15.6. The molecule has 0 spiro atoms. The van der Waals surface area contributed by atoms with Crippen molar-refractivity contribution in [1.29, 1.82) is 0 Å². The second-order valence-electron chi connectivity index (χ2n) is 7.16. The van der Waals surface area contributed by atoms with E-state index in [4.69, 9.17) is 16.6 Å². The van der Waals surface area contributed by atoms with E-state index in [1.165, 1.54) is 31.4 Å². The maximum atomic E-state index is 13.2. The van der Waals surface area contributed by atoms with Gasteiger partial charge in [0.2, 0.25) is 0 Å². The highest BCUT2D eigenvalue weighted by atomic mass is 35.5. The number of hydrogen-bond acceptors (Lipinski definition) is 3. The standard InChI is InChI=1S/C22H21ClFN3O/c1-14-11-21(27-9-3-2-4-10-27)26-20-8-6-16(13-18(14)20)25-22(28)17-7-5-15(24)12-19(17)23/h5-8,11-13H,2-4,9-10H2,1H3,(H,25,28). The van der Waals surface area contributed by atoms with Gasteiger partial charge in [-0.1, -0.05) is 11.6 Å². The van der Waals surface area contributed by atoms with Gasteiger partial charge in [0.05, 0.1) is 16.1 Å². The number of piperidine rings is 1. The molecule has 28 heavy (non-hydrogen) atoms. The Morgan fingerprint density at radius 2 is 1.89 bits per heavy atom. The first-order chi connectivity index (χ1) is 13.5. The minimum atomic E-state index is -0.474. The molecule has 0 bridgehead atoms. The molecule has 4 rings (SSSR count). The van der Waals surface area contributed by atoms with Crippen LogP contribution in [-0.4, -0.2) is 24.0 Å². The van der Waals surface area contributed by atoms with Crippen molar-refractivity contribution in [2.24, 2.45) is 0 Å². The summed E-state index contributed by atoms with van der Waals surface area (Å²) in [7, 11) is 0. The molecule has 1 N–H and O–H groups in total. The molecule has 0 atom stereocenters. The molecule has 0 radical (unpaired) electrons. The molecule has 1 fully saturated rings. The molecule has 1 aliphatic heterocycles. The maximum absolute atomic E-state index is 13.2. The molecule has 1 aromatic heterocycles. The number of carbonyl (C=O) groups is 1. The number of pyridine rings is 1. The molecule has 1 amide bonds. The minimum Gasteiger partial charge on any atom is -0.357 e. The van der Waals surface area contributed by atoms with Crippen LogP contribution in [0.1, 0.15) is 35.2 Å². The first kappa shape index (κ1) is 18.7. The monoisotopic (exact) mass is 397 g/mol. The third-order valence-electron chi connectivity index (χ3n) is 5.12. The van der Waals surface area contributed by atoms with Gasteiger partial charge in [-0.15, -0.1) is 0 Å². The van der Waals surface area contributed by atoms with Crippen LogP contribution in [0.2, 0.25) is 5.02 Å². The number of hydrogen-bond donors (Lipinski definition) is 1. The maximum Gasteiger partial charge on any atom is 0.257 e. The topological polar surface area (TPSA) is 45.2 Å². The molecule has 2 heterocycles. The number of fused-ring (bicyclic) bond motifs is 1. The van der Waals surface area contributed by atoms with Gasteiger partial charge in [0.15, 0.2) is 0 Å². The summed E-state index contributed by atoms with van der Waals surface area (Å²) in [6.07, 6.45) is 3.69. The lowest BCUT2D eigenvalue weighted by atomic mass is 10.1. The summed E-state index contributed by atoms with van der Waals surface area (Å²) in [5, 5.41) is 3.91. The Balaban J connectivity index is 1.60. The molecule has 3 aromatic rings. The van der Waals surface area contributed by atoms with Gasteiger partial charge < -0.3 is 10.2 Å².